The molecule has 6 nitrogen and oxygen atoms in total. The van der Waals surface area contributed by atoms with Crippen molar-refractivity contribution in [2.24, 2.45) is 5.16 Å². The molecule has 0 radical (unpaired) electrons. The molecule has 0 spiro atoms. The molecule has 2 aromatic rings. The van der Waals surface area contributed by atoms with Crippen LogP contribution >= 0.6 is 0 Å². The van der Waals surface area contributed by atoms with Gasteiger partial charge < -0.3 is 15.1 Å². The minimum Gasteiger partial charge on any atom is -0.399 e. The monoisotopic (exact) mass is 365 g/mol. The van der Waals surface area contributed by atoms with Crippen LogP contribution in [0.3, 0.4) is 0 Å². The van der Waals surface area contributed by atoms with Gasteiger partial charge >= 0.3 is 0 Å². The van der Waals surface area contributed by atoms with Gasteiger partial charge in [0.05, 0.1) is 18.3 Å². The molecule has 0 aliphatic carbocycles. The molecule has 1 aliphatic rings. The third kappa shape index (κ3) is 4.53. The van der Waals surface area contributed by atoms with Crippen LogP contribution in [0.2, 0.25) is 0 Å². The second-order valence-electron chi connectivity index (χ2n) is 6.51. The van der Waals surface area contributed by atoms with E-state index in [2.05, 4.69) is 10.5 Å². The van der Waals surface area contributed by atoms with E-state index in [1.54, 1.807) is 4.90 Å². The molecule has 2 aromatic carbocycles. The van der Waals surface area contributed by atoms with Gasteiger partial charge in [-0.25, -0.2) is 0 Å². The Morgan fingerprint density at radius 2 is 1.78 bits per heavy atom. The molecule has 1 aliphatic heterocycles. The van der Waals surface area contributed by atoms with E-state index in [0.29, 0.717) is 25.1 Å². The Morgan fingerprint density at radius 3 is 2.41 bits per heavy atom. The first-order valence-corrected chi connectivity index (χ1v) is 8.88. The maximum Gasteiger partial charge on any atom is 0.254 e. The molecule has 140 valence electrons. The maximum atomic E-state index is 13.0. The Bertz CT molecular complexity index is 832. The van der Waals surface area contributed by atoms with Crippen molar-refractivity contribution in [1.29, 1.82) is 0 Å². The quantitative estimate of drug-likeness (QED) is 0.828. The van der Waals surface area contributed by atoms with Crippen molar-refractivity contribution in [2.75, 3.05) is 20.2 Å². The molecule has 0 bridgehead atoms. The number of carbonyl (C=O) groups excluding carboxylic acids is 2. The molecule has 1 atom stereocenters. The highest BCUT2D eigenvalue weighted by molar-refractivity contribution is 6.00. The second-order valence-corrected chi connectivity index (χ2v) is 6.51. The van der Waals surface area contributed by atoms with Crippen LogP contribution in [0.5, 0.6) is 0 Å². The lowest BCUT2D eigenvalue weighted by atomic mass is 10.0. The van der Waals surface area contributed by atoms with Gasteiger partial charge in [-0.3, -0.25) is 9.59 Å². The Balaban J connectivity index is 1.77. The minimum absolute atomic E-state index is 0.0775. The lowest BCUT2D eigenvalue weighted by Gasteiger charge is -2.24. The molecular formula is C21H23N3O3. The molecule has 1 saturated heterocycles. The summed E-state index contributed by atoms with van der Waals surface area (Å²) in [4.78, 5) is 30.9. The summed E-state index contributed by atoms with van der Waals surface area (Å²) < 4.78 is 0. The van der Waals surface area contributed by atoms with Gasteiger partial charge in [0.2, 0.25) is 5.91 Å². The first-order valence-electron chi connectivity index (χ1n) is 8.88. The number of amides is 2. The van der Waals surface area contributed by atoms with E-state index in [-0.39, 0.29) is 17.9 Å². The van der Waals surface area contributed by atoms with E-state index >= 15 is 0 Å². The van der Waals surface area contributed by atoms with Crippen molar-refractivity contribution in [3.63, 3.8) is 0 Å². The molecule has 0 aromatic heterocycles. The average molecular weight is 365 g/mol. The molecule has 3 rings (SSSR count). The van der Waals surface area contributed by atoms with E-state index in [4.69, 9.17) is 4.84 Å². The van der Waals surface area contributed by atoms with Crippen LogP contribution in [0.15, 0.2) is 59.8 Å². The number of nitrogens with one attached hydrogen (secondary N) is 1. The van der Waals surface area contributed by atoms with Gasteiger partial charge in [0.25, 0.3) is 5.91 Å². The van der Waals surface area contributed by atoms with Crippen LogP contribution in [-0.2, 0) is 9.63 Å². The van der Waals surface area contributed by atoms with Gasteiger partial charge in [-0.2, -0.15) is 0 Å². The van der Waals surface area contributed by atoms with Gasteiger partial charge in [0, 0.05) is 25.5 Å². The van der Waals surface area contributed by atoms with Crippen molar-refractivity contribution in [3.8, 4) is 11.1 Å². The average Bonchev–Trinajstić information content (AvgIpc) is 3.10. The van der Waals surface area contributed by atoms with Gasteiger partial charge in [-0.1, -0.05) is 47.6 Å². The van der Waals surface area contributed by atoms with Crippen LogP contribution in [0, 0.1) is 0 Å². The maximum absolute atomic E-state index is 13.0. The number of hydrogen-bond acceptors (Lipinski definition) is 4. The predicted molar refractivity (Wildman–Crippen MR) is 104 cm³/mol. The zero-order valence-corrected chi connectivity index (χ0v) is 15.5. The Morgan fingerprint density at radius 1 is 1.11 bits per heavy atom. The van der Waals surface area contributed by atoms with E-state index in [9.17, 15) is 9.59 Å². The third-order valence-electron chi connectivity index (χ3n) is 4.57. The van der Waals surface area contributed by atoms with Crippen LogP contribution in [-0.4, -0.2) is 48.7 Å². The zero-order valence-electron chi connectivity index (χ0n) is 15.5. The van der Waals surface area contributed by atoms with Crippen molar-refractivity contribution in [3.05, 3.63) is 60.2 Å². The zero-order chi connectivity index (χ0) is 19.2. The van der Waals surface area contributed by atoms with E-state index in [1.807, 2.05) is 54.6 Å². The summed E-state index contributed by atoms with van der Waals surface area (Å²) in [5.74, 6) is -0.196. The fraction of sp³-hybridized carbons (Fsp3) is 0.286. The summed E-state index contributed by atoms with van der Waals surface area (Å²) in [6, 6.07) is 17.5. The molecule has 1 heterocycles. The molecule has 1 N–H and O–H groups in total. The first kappa shape index (κ1) is 18.6. The molecule has 2 amide bonds. The molecular weight excluding hydrogens is 342 g/mol. The normalized spacial score (nSPS) is 17.8. The number of rotatable bonds is 5. The summed E-state index contributed by atoms with van der Waals surface area (Å²) in [6.45, 7) is 2.26. The number of oxime groups is 1. The summed E-state index contributed by atoms with van der Waals surface area (Å²) in [5, 5.41) is 6.78. The second kappa shape index (κ2) is 8.49. The topological polar surface area (TPSA) is 71.0 Å². The summed E-state index contributed by atoms with van der Waals surface area (Å²) in [6.07, 6.45) is 0.585. The van der Waals surface area contributed by atoms with Crippen LogP contribution in [0.25, 0.3) is 11.1 Å². The van der Waals surface area contributed by atoms with Crippen molar-refractivity contribution < 1.29 is 14.4 Å². The summed E-state index contributed by atoms with van der Waals surface area (Å²) in [5.41, 5.74) is 3.57. The van der Waals surface area contributed by atoms with Crippen LogP contribution in [0.4, 0.5) is 0 Å². The standard InChI is InChI=1S/C21H23N3O3/c1-15(25)22-13-20-12-19(23-27-2)14-24(20)21(26)18-10-8-17(9-11-18)16-6-4-3-5-7-16/h3-11,20H,12-14H2,1-2H3,(H,22,25)/t20-/m0/s1. The predicted octanol–water partition coefficient (Wildman–Crippen LogP) is 2.71. The fourth-order valence-electron chi connectivity index (χ4n) is 3.25. The third-order valence-corrected chi connectivity index (χ3v) is 4.57. The van der Waals surface area contributed by atoms with Gasteiger partial charge in [0.1, 0.15) is 7.11 Å². The Hall–Kier alpha value is -3.15. The first-order chi connectivity index (χ1) is 13.1. The summed E-state index contributed by atoms with van der Waals surface area (Å²) in [7, 11) is 1.49. The molecule has 0 saturated carbocycles. The highest BCUT2D eigenvalue weighted by Crippen LogP contribution is 2.22. The van der Waals surface area contributed by atoms with Crippen molar-refractivity contribution in [1.82, 2.24) is 10.2 Å². The number of likely N-dealkylation sites (tertiary alicyclic amines) is 1. The van der Waals surface area contributed by atoms with Crippen LogP contribution in [0.1, 0.15) is 23.7 Å². The van der Waals surface area contributed by atoms with E-state index in [1.165, 1.54) is 14.0 Å². The number of benzene rings is 2. The Kier molecular flexibility index (Phi) is 5.86. The number of hydrogen-bond donors (Lipinski definition) is 1. The lowest BCUT2D eigenvalue weighted by Crippen LogP contribution is -2.42. The van der Waals surface area contributed by atoms with Gasteiger partial charge in [-0.05, 0) is 23.3 Å². The highest BCUT2D eigenvalue weighted by Gasteiger charge is 2.33. The van der Waals surface area contributed by atoms with E-state index in [0.717, 1.165) is 16.8 Å². The Labute approximate surface area is 158 Å². The minimum atomic E-state index is -0.135. The SMILES string of the molecule is CON=C1C[C@@H](CNC(C)=O)N(C(=O)c2ccc(-c3ccccc3)cc2)C1. The van der Waals surface area contributed by atoms with Gasteiger partial charge in [0.15, 0.2) is 0 Å². The van der Waals surface area contributed by atoms with Crippen LogP contribution < -0.4 is 5.32 Å². The van der Waals surface area contributed by atoms with Gasteiger partial charge in [-0.15, -0.1) is 0 Å². The van der Waals surface area contributed by atoms with Crippen molar-refractivity contribution in [2.45, 2.75) is 19.4 Å². The lowest BCUT2D eigenvalue weighted by molar-refractivity contribution is -0.119. The highest BCUT2D eigenvalue weighted by atomic mass is 16.6. The fourth-order valence-corrected chi connectivity index (χ4v) is 3.25. The smallest absolute Gasteiger partial charge is 0.254 e. The summed E-state index contributed by atoms with van der Waals surface area (Å²) >= 11 is 0. The molecule has 27 heavy (non-hydrogen) atoms. The molecule has 1 fully saturated rings. The number of nitrogens with zero attached hydrogens (tertiary/aromatic N) is 2. The van der Waals surface area contributed by atoms with Crippen molar-refractivity contribution >= 4 is 17.5 Å². The molecule has 0 unspecified atom stereocenters. The number of carbonyl (C=O) groups is 2. The van der Waals surface area contributed by atoms with E-state index < -0.39 is 0 Å². The molecule has 6 heteroatoms. The largest absolute Gasteiger partial charge is 0.399 e.